The highest BCUT2D eigenvalue weighted by molar-refractivity contribution is 7.99. The summed E-state index contributed by atoms with van der Waals surface area (Å²) >= 11 is 7.35. The number of halogens is 1. The second kappa shape index (κ2) is 8.55. The molecule has 0 saturated heterocycles. The zero-order valence-corrected chi connectivity index (χ0v) is 16.6. The Labute approximate surface area is 161 Å². The first-order chi connectivity index (χ1) is 12.2. The van der Waals surface area contributed by atoms with Crippen LogP contribution in [0.15, 0.2) is 23.4 Å². The van der Waals surface area contributed by atoms with Crippen LogP contribution in [0.5, 0.6) is 0 Å². The van der Waals surface area contributed by atoms with Crippen LogP contribution in [0.2, 0.25) is 5.02 Å². The van der Waals surface area contributed by atoms with Crippen LogP contribution in [-0.4, -0.2) is 26.1 Å². The van der Waals surface area contributed by atoms with Crippen LogP contribution in [0.4, 0.5) is 11.4 Å². The Hall–Kier alpha value is -2.06. The number of imidazole rings is 1. The Kier molecular flexibility index (Phi) is 6.66. The van der Waals surface area contributed by atoms with Gasteiger partial charge in [0.1, 0.15) is 0 Å². The zero-order valence-electron chi connectivity index (χ0n) is 15.1. The predicted octanol–water partition coefficient (Wildman–Crippen LogP) is 4.45. The quantitative estimate of drug-likeness (QED) is 0.424. The fraction of sp³-hybridized carbons (Fsp3) is 0.412. The minimum absolute atomic E-state index is 0.121. The van der Waals surface area contributed by atoms with Gasteiger partial charge in [0.2, 0.25) is 5.91 Å². The van der Waals surface area contributed by atoms with Gasteiger partial charge in [0.05, 0.1) is 27.1 Å². The number of nitrogens with one attached hydrogen (secondary N) is 1. The van der Waals surface area contributed by atoms with Gasteiger partial charge in [-0.15, -0.1) is 0 Å². The van der Waals surface area contributed by atoms with Gasteiger partial charge in [0.25, 0.3) is 5.69 Å². The molecule has 0 atom stereocenters. The number of aryl methyl sites for hydroxylation is 1. The van der Waals surface area contributed by atoms with Gasteiger partial charge in [-0.05, 0) is 25.8 Å². The Balaban J connectivity index is 2.04. The maximum Gasteiger partial charge on any atom is 0.271 e. The molecule has 1 aromatic carbocycles. The third kappa shape index (κ3) is 4.98. The van der Waals surface area contributed by atoms with Crippen LogP contribution in [0.25, 0.3) is 0 Å². The number of hydrogen-bond donors (Lipinski definition) is 1. The van der Waals surface area contributed by atoms with Crippen molar-refractivity contribution in [3.8, 4) is 0 Å². The van der Waals surface area contributed by atoms with E-state index in [1.807, 2.05) is 13.8 Å². The second-order valence-corrected chi connectivity index (χ2v) is 7.68. The van der Waals surface area contributed by atoms with Gasteiger partial charge in [-0.1, -0.05) is 37.2 Å². The van der Waals surface area contributed by atoms with E-state index in [-0.39, 0.29) is 22.4 Å². The second-order valence-electron chi connectivity index (χ2n) is 6.33. The number of nitrogens with zero attached hydrogens (tertiary/aromatic N) is 3. The highest BCUT2D eigenvalue weighted by Crippen LogP contribution is 2.27. The molecule has 2 aromatic rings. The Morgan fingerprint density at radius 3 is 2.69 bits per heavy atom. The minimum Gasteiger partial charge on any atom is -0.324 e. The summed E-state index contributed by atoms with van der Waals surface area (Å²) in [6.45, 7) is 9.07. The molecule has 1 aromatic heterocycles. The number of rotatable bonds is 7. The molecule has 0 aliphatic rings. The molecule has 1 N–H and O–H groups in total. The van der Waals surface area contributed by atoms with E-state index in [2.05, 4.69) is 28.7 Å². The SMILES string of the molecule is Cc1nc(SCC(=O)Nc2ccc([N+](=O)[O-])cc2Cl)n(CC(C)C)c1C. The molecule has 0 radical (unpaired) electrons. The van der Waals surface area contributed by atoms with Crippen molar-refractivity contribution in [2.75, 3.05) is 11.1 Å². The Morgan fingerprint density at radius 1 is 1.42 bits per heavy atom. The van der Waals surface area contributed by atoms with E-state index in [4.69, 9.17) is 11.6 Å². The molecule has 26 heavy (non-hydrogen) atoms. The lowest BCUT2D eigenvalue weighted by atomic mass is 10.2. The molecule has 0 aliphatic carbocycles. The molecule has 1 heterocycles. The number of amides is 1. The van der Waals surface area contributed by atoms with Gasteiger partial charge in [-0.2, -0.15) is 0 Å². The van der Waals surface area contributed by atoms with Gasteiger partial charge in [-0.3, -0.25) is 14.9 Å². The van der Waals surface area contributed by atoms with Crippen molar-refractivity contribution in [3.05, 3.63) is 44.7 Å². The number of hydrogen-bond acceptors (Lipinski definition) is 5. The van der Waals surface area contributed by atoms with Crippen LogP contribution in [0, 0.1) is 29.9 Å². The predicted molar refractivity (Wildman–Crippen MR) is 104 cm³/mol. The largest absolute Gasteiger partial charge is 0.324 e. The van der Waals surface area contributed by atoms with Crippen molar-refractivity contribution in [2.24, 2.45) is 5.92 Å². The van der Waals surface area contributed by atoms with Crippen molar-refractivity contribution >= 4 is 40.6 Å². The molecular formula is C17H21ClN4O3S. The lowest BCUT2D eigenvalue weighted by molar-refractivity contribution is -0.384. The van der Waals surface area contributed by atoms with E-state index >= 15 is 0 Å². The van der Waals surface area contributed by atoms with E-state index in [1.54, 1.807) is 0 Å². The van der Waals surface area contributed by atoms with Crippen molar-refractivity contribution < 1.29 is 9.72 Å². The number of anilines is 1. The number of carbonyl (C=O) groups is 1. The lowest BCUT2D eigenvalue weighted by Crippen LogP contribution is -2.15. The Morgan fingerprint density at radius 2 is 2.12 bits per heavy atom. The average molecular weight is 397 g/mol. The van der Waals surface area contributed by atoms with E-state index in [1.165, 1.54) is 30.0 Å². The molecule has 0 saturated carbocycles. The number of carbonyl (C=O) groups excluding carboxylic acids is 1. The van der Waals surface area contributed by atoms with Crippen LogP contribution in [0.3, 0.4) is 0 Å². The smallest absolute Gasteiger partial charge is 0.271 e. The maximum absolute atomic E-state index is 12.2. The lowest BCUT2D eigenvalue weighted by Gasteiger charge is -2.12. The standard InChI is InChI=1S/C17H21ClN4O3S/c1-10(2)8-21-12(4)11(3)19-17(21)26-9-16(23)20-15-6-5-13(22(24)25)7-14(15)18/h5-7,10H,8-9H2,1-4H3,(H,20,23). The summed E-state index contributed by atoms with van der Waals surface area (Å²) in [5.41, 5.74) is 2.27. The number of nitro groups is 1. The normalized spacial score (nSPS) is 11.0. The van der Waals surface area contributed by atoms with Crippen LogP contribution >= 0.6 is 23.4 Å². The molecule has 2 rings (SSSR count). The van der Waals surface area contributed by atoms with E-state index < -0.39 is 4.92 Å². The van der Waals surface area contributed by atoms with Crippen molar-refractivity contribution in [2.45, 2.75) is 39.4 Å². The summed E-state index contributed by atoms with van der Waals surface area (Å²) in [6, 6.07) is 3.94. The van der Waals surface area contributed by atoms with E-state index in [9.17, 15) is 14.9 Å². The number of nitro benzene ring substituents is 1. The fourth-order valence-electron chi connectivity index (χ4n) is 2.35. The monoisotopic (exact) mass is 396 g/mol. The number of non-ortho nitro benzene ring substituents is 1. The molecule has 0 aliphatic heterocycles. The summed E-state index contributed by atoms with van der Waals surface area (Å²) < 4.78 is 2.12. The summed E-state index contributed by atoms with van der Waals surface area (Å²) in [5, 5.41) is 14.3. The topological polar surface area (TPSA) is 90.1 Å². The van der Waals surface area contributed by atoms with Crippen LogP contribution < -0.4 is 5.32 Å². The minimum atomic E-state index is -0.535. The van der Waals surface area contributed by atoms with Crippen molar-refractivity contribution in [1.29, 1.82) is 0 Å². The summed E-state index contributed by atoms with van der Waals surface area (Å²) in [6.07, 6.45) is 0. The molecule has 0 spiro atoms. The number of aromatic nitrogens is 2. The van der Waals surface area contributed by atoms with E-state index in [0.29, 0.717) is 11.6 Å². The molecule has 0 bridgehead atoms. The first-order valence-electron chi connectivity index (χ1n) is 8.09. The molecule has 140 valence electrons. The molecule has 0 fully saturated rings. The van der Waals surface area contributed by atoms with Gasteiger partial charge in [-0.25, -0.2) is 4.98 Å². The van der Waals surface area contributed by atoms with Gasteiger partial charge in [0.15, 0.2) is 5.16 Å². The number of benzene rings is 1. The van der Waals surface area contributed by atoms with E-state index in [0.717, 1.165) is 23.1 Å². The van der Waals surface area contributed by atoms with Crippen molar-refractivity contribution in [1.82, 2.24) is 9.55 Å². The van der Waals surface area contributed by atoms with Gasteiger partial charge < -0.3 is 9.88 Å². The fourth-order valence-corrected chi connectivity index (χ4v) is 3.47. The first-order valence-corrected chi connectivity index (χ1v) is 9.45. The Bertz CT molecular complexity index is 836. The van der Waals surface area contributed by atoms with Crippen molar-refractivity contribution in [3.63, 3.8) is 0 Å². The first kappa shape index (κ1) is 20.3. The summed E-state index contributed by atoms with van der Waals surface area (Å²) in [4.78, 5) is 27.0. The van der Waals surface area contributed by atoms with Gasteiger partial charge in [0, 0.05) is 24.4 Å². The van der Waals surface area contributed by atoms with Crippen LogP contribution in [0.1, 0.15) is 25.2 Å². The number of thioether (sulfide) groups is 1. The summed E-state index contributed by atoms with van der Waals surface area (Å²) in [7, 11) is 0. The third-order valence-electron chi connectivity index (χ3n) is 3.74. The molecule has 9 heteroatoms. The molecule has 7 nitrogen and oxygen atoms in total. The summed E-state index contributed by atoms with van der Waals surface area (Å²) in [5.74, 6) is 0.385. The average Bonchev–Trinajstić information content (AvgIpc) is 2.82. The third-order valence-corrected chi connectivity index (χ3v) is 5.03. The zero-order chi connectivity index (χ0) is 19.4. The highest BCUT2D eigenvalue weighted by Gasteiger charge is 2.16. The van der Waals surface area contributed by atoms with Crippen LogP contribution in [-0.2, 0) is 11.3 Å². The molecule has 1 amide bonds. The van der Waals surface area contributed by atoms with Gasteiger partial charge >= 0.3 is 0 Å². The molecule has 0 unspecified atom stereocenters. The molecular weight excluding hydrogens is 376 g/mol. The highest BCUT2D eigenvalue weighted by atomic mass is 35.5. The maximum atomic E-state index is 12.2.